The molecule has 0 amide bonds. The lowest BCUT2D eigenvalue weighted by molar-refractivity contribution is -0.131. The van der Waals surface area contributed by atoms with Crippen LogP contribution in [0.1, 0.15) is 26.3 Å². The zero-order valence-corrected chi connectivity index (χ0v) is 15.3. The van der Waals surface area contributed by atoms with Crippen LogP contribution in [0.3, 0.4) is 0 Å². The number of carboxylic acids is 1. The van der Waals surface area contributed by atoms with Gasteiger partial charge < -0.3 is 14.6 Å². The quantitative estimate of drug-likeness (QED) is 0.542. The summed E-state index contributed by atoms with van der Waals surface area (Å²) in [4.78, 5) is 10.5. The Balaban J connectivity index is 2.70. The van der Waals surface area contributed by atoms with Gasteiger partial charge in [-0.2, -0.15) is 0 Å². The molecule has 0 radical (unpaired) electrons. The van der Waals surface area contributed by atoms with E-state index in [2.05, 4.69) is 31.9 Å². The molecule has 1 aromatic rings. The molecule has 21 heavy (non-hydrogen) atoms. The van der Waals surface area contributed by atoms with E-state index in [9.17, 15) is 4.79 Å². The standard InChI is InChI=1S/C15H18Br2O4/c1-15(2,3)21-7-6-20-14-11(16)8-10(9-12(14)17)4-5-13(18)19/h4-5,8-9H,6-7H2,1-3H3,(H,18,19)/b5-4+. The SMILES string of the molecule is CC(C)(C)OCCOc1c(Br)cc(/C=C/C(=O)O)cc1Br. The topological polar surface area (TPSA) is 55.8 Å². The Morgan fingerprint density at radius 1 is 1.24 bits per heavy atom. The Bertz CT molecular complexity index is 510. The summed E-state index contributed by atoms with van der Waals surface area (Å²) < 4.78 is 12.8. The average molecular weight is 422 g/mol. The highest BCUT2D eigenvalue weighted by Crippen LogP contribution is 2.35. The molecule has 0 aliphatic rings. The number of ether oxygens (including phenoxy) is 2. The first-order chi connectivity index (χ1) is 9.69. The minimum Gasteiger partial charge on any atom is -0.489 e. The molecule has 0 bridgehead atoms. The van der Waals surface area contributed by atoms with E-state index < -0.39 is 5.97 Å². The molecule has 0 heterocycles. The van der Waals surface area contributed by atoms with Gasteiger partial charge in [-0.15, -0.1) is 0 Å². The summed E-state index contributed by atoms with van der Waals surface area (Å²) in [5.74, 6) is -0.318. The first-order valence-electron chi connectivity index (χ1n) is 6.36. The fraction of sp³-hybridized carbons (Fsp3) is 0.400. The van der Waals surface area contributed by atoms with Crippen molar-refractivity contribution in [2.24, 2.45) is 0 Å². The first-order valence-corrected chi connectivity index (χ1v) is 7.94. The molecule has 1 N–H and O–H groups in total. The highest BCUT2D eigenvalue weighted by molar-refractivity contribution is 9.11. The number of rotatable bonds is 6. The van der Waals surface area contributed by atoms with Gasteiger partial charge in [0.2, 0.25) is 0 Å². The van der Waals surface area contributed by atoms with Gasteiger partial charge in [-0.05, 0) is 76.4 Å². The highest BCUT2D eigenvalue weighted by atomic mass is 79.9. The van der Waals surface area contributed by atoms with Gasteiger partial charge in [0, 0.05) is 6.08 Å². The predicted octanol–water partition coefficient (Wildman–Crippen LogP) is 4.50. The molecule has 1 rings (SSSR count). The summed E-state index contributed by atoms with van der Waals surface area (Å²) in [5, 5.41) is 8.63. The van der Waals surface area contributed by atoms with E-state index in [-0.39, 0.29) is 5.60 Å². The second-order valence-corrected chi connectivity index (χ2v) is 7.00. The van der Waals surface area contributed by atoms with Gasteiger partial charge in [-0.1, -0.05) is 0 Å². The van der Waals surface area contributed by atoms with Crippen LogP contribution in [0, 0.1) is 0 Å². The molecule has 0 aliphatic heterocycles. The molecule has 0 atom stereocenters. The molecule has 1 aromatic carbocycles. The summed E-state index contributed by atoms with van der Waals surface area (Å²) in [6.45, 7) is 6.88. The zero-order chi connectivity index (χ0) is 16.0. The smallest absolute Gasteiger partial charge is 0.328 e. The number of carbonyl (C=O) groups is 1. The van der Waals surface area contributed by atoms with Crippen LogP contribution in [-0.4, -0.2) is 29.9 Å². The van der Waals surface area contributed by atoms with E-state index in [1.54, 1.807) is 12.1 Å². The molecule has 0 spiro atoms. The molecule has 0 fully saturated rings. The van der Waals surface area contributed by atoms with Crippen molar-refractivity contribution in [3.05, 3.63) is 32.7 Å². The van der Waals surface area contributed by atoms with Gasteiger partial charge in [0.25, 0.3) is 0 Å². The van der Waals surface area contributed by atoms with E-state index in [0.29, 0.717) is 19.0 Å². The van der Waals surface area contributed by atoms with Gasteiger partial charge in [-0.25, -0.2) is 4.79 Å². The van der Waals surface area contributed by atoms with Crippen molar-refractivity contribution in [3.63, 3.8) is 0 Å². The van der Waals surface area contributed by atoms with Crippen LogP contribution < -0.4 is 4.74 Å². The third-order valence-corrected chi connectivity index (χ3v) is 3.48. The van der Waals surface area contributed by atoms with Crippen LogP contribution in [0.5, 0.6) is 5.75 Å². The molecule has 0 unspecified atom stereocenters. The number of halogens is 2. The van der Waals surface area contributed by atoms with E-state index in [4.69, 9.17) is 14.6 Å². The number of benzene rings is 1. The minimum atomic E-state index is -0.984. The largest absolute Gasteiger partial charge is 0.489 e. The zero-order valence-electron chi connectivity index (χ0n) is 12.2. The minimum absolute atomic E-state index is 0.191. The van der Waals surface area contributed by atoms with Crippen molar-refractivity contribution in [2.45, 2.75) is 26.4 Å². The molecular formula is C15H18Br2O4. The summed E-state index contributed by atoms with van der Waals surface area (Å²) in [6.07, 6.45) is 2.61. The molecule has 6 heteroatoms. The van der Waals surface area contributed by atoms with E-state index >= 15 is 0 Å². The maximum atomic E-state index is 10.5. The Morgan fingerprint density at radius 2 is 1.81 bits per heavy atom. The summed E-state index contributed by atoms with van der Waals surface area (Å²) >= 11 is 6.84. The summed E-state index contributed by atoms with van der Waals surface area (Å²) in [5.41, 5.74) is 0.568. The number of aliphatic carboxylic acids is 1. The van der Waals surface area contributed by atoms with Gasteiger partial charge in [-0.3, -0.25) is 0 Å². The molecular weight excluding hydrogens is 404 g/mol. The van der Waals surface area contributed by atoms with Crippen LogP contribution in [0.15, 0.2) is 27.2 Å². The third-order valence-electron chi connectivity index (χ3n) is 2.30. The van der Waals surface area contributed by atoms with Crippen molar-refractivity contribution in [1.82, 2.24) is 0 Å². The van der Waals surface area contributed by atoms with Crippen molar-refractivity contribution in [1.29, 1.82) is 0 Å². The van der Waals surface area contributed by atoms with Crippen LogP contribution >= 0.6 is 31.9 Å². The van der Waals surface area contributed by atoms with Crippen LogP contribution in [-0.2, 0) is 9.53 Å². The van der Waals surface area contributed by atoms with Crippen molar-refractivity contribution >= 4 is 43.9 Å². The second kappa shape index (κ2) is 7.96. The maximum absolute atomic E-state index is 10.5. The van der Waals surface area contributed by atoms with Gasteiger partial charge in [0.15, 0.2) is 0 Å². The Hall–Kier alpha value is -0.850. The first kappa shape index (κ1) is 18.2. The van der Waals surface area contributed by atoms with Crippen LogP contribution in [0.25, 0.3) is 6.08 Å². The number of hydrogen-bond acceptors (Lipinski definition) is 3. The second-order valence-electron chi connectivity index (χ2n) is 5.29. The normalized spacial score (nSPS) is 11.9. The fourth-order valence-corrected chi connectivity index (χ4v) is 2.92. The summed E-state index contributed by atoms with van der Waals surface area (Å²) in [6, 6.07) is 3.59. The number of carboxylic acid groups (broad SMARTS) is 1. The lowest BCUT2D eigenvalue weighted by Gasteiger charge is -2.20. The van der Waals surface area contributed by atoms with Crippen LogP contribution in [0.4, 0.5) is 0 Å². The molecule has 0 aliphatic carbocycles. The van der Waals surface area contributed by atoms with Gasteiger partial charge >= 0.3 is 5.97 Å². The maximum Gasteiger partial charge on any atom is 0.328 e. The molecule has 0 saturated heterocycles. The molecule has 0 aromatic heterocycles. The average Bonchev–Trinajstić information content (AvgIpc) is 2.33. The summed E-state index contributed by atoms with van der Waals surface area (Å²) in [7, 11) is 0. The fourth-order valence-electron chi connectivity index (χ4n) is 1.47. The van der Waals surface area contributed by atoms with Crippen molar-refractivity contribution in [3.8, 4) is 5.75 Å². The predicted molar refractivity (Wildman–Crippen MR) is 89.7 cm³/mol. The third kappa shape index (κ3) is 7.11. The van der Waals surface area contributed by atoms with Crippen LogP contribution in [0.2, 0.25) is 0 Å². The molecule has 4 nitrogen and oxygen atoms in total. The van der Waals surface area contributed by atoms with E-state index in [0.717, 1.165) is 20.6 Å². The van der Waals surface area contributed by atoms with E-state index in [1.165, 1.54) is 6.08 Å². The molecule has 116 valence electrons. The lowest BCUT2D eigenvalue weighted by Crippen LogP contribution is -2.22. The Labute approximate surface area is 141 Å². The highest BCUT2D eigenvalue weighted by Gasteiger charge is 2.11. The number of hydrogen-bond donors (Lipinski definition) is 1. The Morgan fingerprint density at radius 3 is 2.29 bits per heavy atom. The lowest BCUT2D eigenvalue weighted by atomic mass is 10.2. The molecule has 0 saturated carbocycles. The van der Waals surface area contributed by atoms with Crippen molar-refractivity contribution in [2.75, 3.05) is 13.2 Å². The Kier molecular flexibility index (Phi) is 6.90. The monoisotopic (exact) mass is 420 g/mol. The van der Waals surface area contributed by atoms with Gasteiger partial charge in [0.1, 0.15) is 12.4 Å². The van der Waals surface area contributed by atoms with E-state index in [1.807, 2.05) is 20.8 Å². The van der Waals surface area contributed by atoms with Crippen molar-refractivity contribution < 1.29 is 19.4 Å². The van der Waals surface area contributed by atoms with Gasteiger partial charge in [0.05, 0.1) is 21.2 Å².